The summed E-state index contributed by atoms with van der Waals surface area (Å²) in [5, 5.41) is 6.03. The van der Waals surface area contributed by atoms with Crippen LogP contribution in [0.2, 0.25) is 0 Å². The van der Waals surface area contributed by atoms with E-state index in [0.29, 0.717) is 11.4 Å². The molecule has 160 valence electrons. The van der Waals surface area contributed by atoms with Gasteiger partial charge in [-0.15, -0.1) is 11.3 Å². The first-order valence-corrected chi connectivity index (χ1v) is 10.9. The molecule has 1 amide bonds. The third-order valence-corrected chi connectivity index (χ3v) is 6.02. The van der Waals surface area contributed by atoms with Gasteiger partial charge in [0.25, 0.3) is 0 Å². The predicted octanol–water partition coefficient (Wildman–Crippen LogP) is 4.50. The number of thiophene rings is 1. The quantitative estimate of drug-likeness (QED) is 0.388. The molecule has 3 heterocycles. The van der Waals surface area contributed by atoms with Crippen LogP contribution in [0.4, 0.5) is 13.2 Å². The minimum atomic E-state index is -4.60. The first kappa shape index (κ1) is 22.3. The van der Waals surface area contributed by atoms with Crippen LogP contribution in [0.25, 0.3) is 10.6 Å². The molecule has 6 nitrogen and oxygen atoms in total. The van der Waals surface area contributed by atoms with Gasteiger partial charge in [0.05, 0.1) is 22.0 Å². The van der Waals surface area contributed by atoms with Gasteiger partial charge in [-0.25, -0.2) is 9.97 Å². The molecule has 0 N–H and O–H groups in total. The zero-order chi connectivity index (χ0) is 21.9. The fraction of sp³-hybridized carbons (Fsp3) is 0.368. The minimum absolute atomic E-state index is 0.0668. The van der Waals surface area contributed by atoms with Gasteiger partial charge in [-0.05, 0) is 31.4 Å². The molecule has 0 aliphatic rings. The van der Waals surface area contributed by atoms with Crippen molar-refractivity contribution in [3.63, 3.8) is 0 Å². The minimum Gasteiger partial charge on any atom is -0.341 e. The van der Waals surface area contributed by atoms with E-state index in [-0.39, 0.29) is 22.5 Å². The van der Waals surface area contributed by atoms with Gasteiger partial charge in [0, 0.05) is 31.9 Å². The Bertz CT molecular complexity index is 1020. The lowest BCUT2D eigenvalue weighted by atomic mass is 10.2. The number of halogens is 3. The summed E-state index contributed by atoms with van der Waals surface area (Å²) in [5.74, 6) is -0.301. The second-order valence-electron chi connectivity index (χ2n) is 6.53. The lowest BCUT2D eigenvalue weighted by Gasteiger charge is -2.16. The standard InChI is InChI=1S/C19H20F3N5OS2/c1-4-27-10-13(12(2)25-27)9-26(3)17(28)11-30-18-23-14(15-6-5-7-29-15)8-16(24-18)19(20,21)22/h5-8,10H,4,9,11H2,1-3H3. The van der Waals surface area contributed by atoms with E-state index in [1.54, 1.807) is 29.2 Å². The van der Waals surface area contributed by atoms with E-state index in [4.69, 9.17) is 0 Å². The smallest absolute Gasteiger partial charge is 0.341 e. The van der Waals surface area contributed by atoms with Crippen molar-refractivity contribution in [2.45, 2.75) is 38.3 Å². The maximum absolute atomic E-state index is 13.2. The Morgan fingerprint density at radius 3 is 2.70 bits per heavy atom. The van der Waals surface area contributed by atoms with Crippen molar-refractivity contribution in [3.05, 3.63) is 46.7 Å². The van der Waals surface area contributed by atoms with Gasteiger partial charge in [0.1, 0.15) is 5.69 Å². The van der Waals surface area contributed by atoms with Gasteiger partial charge in [-0.2, -0.15) is 18.3 Å². The van der Waals surface area contributed by atoms with Crippen molar-refractivity contribution in [2.75, 3.05) is 12.8 Å². The van der Waals surface area contributed by atoms with E-state index >= 15 is 0 Å². The largest absolute Gasteiger partial charge is 0.433 e. The van der Waals surface area contributed by atoms with E-state index in [0.717, 1.165) is 35.6 Å². The SMILES string of the molecule is CCn1cc(CN(C)C(=O)CSc2nc(-c3cccs3)cc(C(F)(F)F)n2)c(C)n1. The normalized spacial score (nSPS) is 11.7. The van der Waals surface area contributed by atoms with Crippen LogP contribution in [0.5, 0.6) is 0 Å². The topological polar surface area (TPSA) is 63.9 Å². The summed E-state index contributed by atoms with van der Waals surface area (Å²) < 4.78 is 41.5. The Kier molecular flexibility index (Phi) is 6.81. The zero-order valence-corrected chi connectivity index (χ0v) is 18.2. The summed E-state index contributed by atoms with van der Waals surface area (Å²) in [7, 11) is 1.65. The number of aryl methyl sites for hydroxylation is 2. The molecule has 0 aromatic carbocycles. The molecule has 0 saturated carbocycles. The summed E-state index contributed by atoms with van der Waals surface area (Å²) in [5.41, 5.74) is 0.934. The molecule has 0 aliphatic carbocycles. The van der Waals surface area contributed by atoms with Crippen LogP contribution >= 0.6 is 23.1 Å². The van der Waals surface area contributed by atoms with Crippen LogP contribution in [-0.2, 0) is 24.1 Å². The summed E-state index contributed by atoms with van der Waals surface area (Å²) in [6, 6.07) is 4.36. The second-order valence-corrected chi connectivity index (χ2v) is 8.42. The average molecular weight is 456 g/mol. The number of carbonyl (C=O) groups excluding carboxylic acids is 1. The van der Waals surface area contributed by atoms with Crippen molar-refractivity contribution in [2.24, 2.45) is 0 Å². The highest BCUT2D eigenvalue weighted by molar-refractivity contribution is 7.99. The first-order chi connectivity index (χ1) is 14.2. The molecule has 3 aromatic heterocycles. The molecule has 0 aliphatic heterocycles. The third kappa shape index (κ3) is 5.39. The lowest BCUT2D eigenvalue weighted by molar-refractivity contribution is -0.141. The molecular weight excluding hydrogens is 435 g/mol. The molecule has 3 aromatic rings. The van der Waals surface area contributed by atoms with Gasteiger partial charge in [-0.3, -0.25) is 9.48 Å². The van der Waals surface area contributed by atoms with Crippen LogP contribution in [0, 0.1) is 6.92 Å². The van der Waals surface area contributed by atoms with Crippen LogP contribution in [0.3, 0.4) is 0 Å². The maximum Gasteiger partial charge on any atom is 0.433 e. The highest BCUT2D eigenvalue weighted by Crippen LogP contribution is 2.33. The number of hydrogen-bond donors (Lipinski definition) is 0. The fourth-order valence-electron chi connectivity index (χ4n) is 2.64. The van der Waals surface area contributed by atoms with Gasteiger partial charge in [-0.1, -0.05) is 17.8 Å². The monoisotopic (exact) mass is 455 g/mol. The number of carbonyl (C=O) groups is 1. The molecular formula is C19H20F3N5OS2. The molecule has 30 heavy (non-hydrogen) atoms. The number of amides is 1. The van der Waals surface area contributed by atoms with Crippen molar-refractivity contribution in [1.82, 2.24) is 24.6 Å². The highest BCUT2D eigenvalue weighted by atomic mass is 32.2. The number of thioether (sulfide) groups is 1. The Balaban J connectivity index is 1.71. The third-order valence-electron chi connectivity index (χ3n) is 4.30. The number of alkyl halides is 3. The number of rotatable bonds is 7. The van der Waals surface area contributed by atoms with Crippen molar-refractivity contribution < 1.29 is 18.0 Å². The number of hydrogen-bond acceptors (Lipinski definition) is 6. The first-order valence-electron chi connectivity index (χ1n) is 9.07. The van der Waals surface area contributed by atoms with Crippen molar-refractivity contribution in [1.29, 1.82) is 0 Å². The molecule has 0 radical (unpaired) electrons. The molecule has 0 saturated heterocycles. The van der Waals surface area contributed by atoms with E-state index in [2.05, 4.69) is 15.1 Å². The highest BCUT2D eigenvalue weighted by Gasteiger charge is 2.34. The van der Waals surface area contributed by atoms with E-state index in [1.165, 1.54) is 16.2 Å². The Labute approximate surface area is 180 Å². The van der Waals surface area contributed by atoms with Gasteiger partial charge < -0.3 is 4.90 Å². The van der Waals surface area contributed by atoms with E-state index in [9.17, 15) is 18.0 Å². The molecule has 0 fully saturated rings. The van der Waals surface area contributed by atoms with Crippen molar-refractivity contribution >= 4 is 29.0 Å². The second kappa shape index (κ2) is 9.17. The van der Waals surface area contributed by atoms with Gasteiger partial charge in [0.15, 0.2) is 5.16 Å². The Hall–Kier alpha value is -2.40. The average Bonchev–Trinajstić information content (AvgIpc) is 3.35. The fourth-order valence-corrected chi connectivity index (χ4v) is 4.13. The predicted molar refractivity (Wildman–Crippen MR) is 110 cm³/mol. The Morgan fingerprint density at radius 2 is 2.10 bits per heavy atom. The zero-order valence-electron chi connectivity index (χ0n) is 16.6. The van der Waals surface area contributed by atoms with Crippen LogP contribution in [0.15, 0.2) is 34.9 Å². The number of nitrogens with zero attached hydrogens (tertiary/aromatic N) is 5. The summed E-state index contributed by atoms with van der Waals surface area (Å²) >= 11 is 2.18. The molecule has 11 heteroatoms. The molecule has 0 atom stereocenters. The van der Waals surface area contributed by atoms with Crippen molar-refractivity contribution in [3.8, 4) is 10.6 Å². The molecule has 3 rings (SSSR count). The maximum atomic E-state index is 13.2. The van der Waals surface area contributed by atoms with Crippen LogP contribution in [-0.4, -0.2) is 43.4 Å². The van der Waals surface area contributed by atoms with Gasteiger partial charge in [0.2, 0.25) is 5.91 Å². The van der Waals surface area contributed by atoms with Gasteiger partial charge >= 0.3 is 6.18 Å². The van der Waals surface area contributed by atoms with E-state index in [1.807, 2.05) is 20.0 Å². The Morgan fingerprint density at radius 1 is 1.33 bits per heavy atom. The van der Waals surface area contributed by atoms with E-state index < -0.39 is 11.9 Å². The summed E-state index contributed by atoms with van der Waals surface area (Å²) in [6.45, 7) is 4.95. The molecule has 0 spiro atoms. The van der Waals surface area contributed by atoms with Crippen LogP contribution in [0.1, 0.15) is 23.9 Å². The molecule has 0 bridgehead atoms. The summed E-state index contributed by atoms with van der Waals surface area (Å²) in [4.78, 5) is 22.4. The van der Waals surface area contributed by atoms with Crippen LogP contribution < -0.4 is 0 Å². The molecule has 0 unspecified atom stereocenters. The summed E-state index contributed by atoms with van der Waals surface area (Å²) in [6.07, 6.45) is -2.71. The lowest BCUT2D eigenvalue weighted by Crippen LogP contribution is -2.28. The number of aromatic nitrogens is 4.